The van der Waals surface area contributed by atoms with Crippen LogP contribution in [0.15, 0.2) is 128 Å². The van der Waals surface area contributed by atoms with Crippen molar-refractivity contribution in [3.8, 4) is 39.5 Å². The van der Waals surface area contributed by atoms with Gasteiger partial charge >= 0.3 is 0 Å². The van der Waals surface area contributed by atoms with Crippen LogP contribution in [0.3, 0.4) is 0 Å². The maximum atomic E-state index is 5.30. The number of fused-ring (bicyclic) bond motifs is 4. The van der Waals surface area contributed by atoms with E-state index < -0.39 is 8.07 Å². The second-order valence-electron chi connectivity index (χ2n) is 17.8. The van der Waals surface area contributed by atoms with E-state index in [0.717, 1.165) is 44.2 Å². The minimum atomic E-state index is -1.34. The summed E-state index contributed by atoms with van der Waals surface area (Å²) in [4.78, 5) is 15.9. The second-order valence-corrected chi connectivity index (χ2v) is 23.8. The van der Waals surface area contributed by atoms with E-state index >= 15 is 0 Å². The fourth-order valence-corrected chi connectivity index (χ4v) is 11.1. The molecule has 0 aliphatic heterocycles. The molecule has 1 radical (unpaired) electrons. The van der Waals surface area contributed by atoms with E-state index in [1.165, 1.54) is 54.2 Å². The Hall–Kier alpha value is -5.04. The molecule has 61 heavy (non-hydrogen) atoms. The first-order valence-corrected chi connectivity index (χ1v) is 25.5. The molecular weight excluding hydrogens is 957 g/mol. The Balaban J connectivity index is 0.000000237. The van der Waals surface area contributed by atoms with Crippen molar-refractivity contribution >= 4 is 55.9 Å². The van der Waals surface area contributed by atoms with Gasteiger partial charge in [-0.2, -0.15) is 11.3 Å². The van der Waals surface area contributed by atoms with Gasteiger partial charge in [-0.25, -0.2) is 4.98 Å². The fraction of sp³-hybridized carbons (Fsp3) is 0.241. The molecule has 9 rings (SSSR count). The third-order valence-corrected chi connectivity index (χ3v) is 14.5. The van der Waals surface area contributed by atoms with Crippen LogP contribution in [0.2, 0.25) is 19.6 Å². The molecular formula is C54H54IrN4SSi-2. The summed E-state index contributed by atoms with van der Waals surface area (Å²) >= 11 is 1.74. The monoisotopic (exact) mass is 1010 g/mol. The number of aromatic nitrogens is 4. The Kier molecular flexibility index (Phi) is 13.1. The standard InChI is InChI=1S/C37H32N3S.C17H22NSi.Ir/c1-22(2)30-20-26(25-12-7-6-8-13-25)21-31(23(3)4)34(30)40-33-17-10-9-16-32(33)39-36(40)29-15-11-14-27-28-19-18-24(5)38-37(28)41-35(27)29;1-13(2)15-11-16(14-9-7-6-8-10-14)18-12-17(15)19(3,4)5;/h6-14,16-23H,1-5H3;6-9,11-13H,1-5H3;/q2*-1;. The summed E-state index contributed by atoms with van der Waals surface area (Å²) in [6, 6.07) is 49.6. The largest absolute Gasteiger partial charge is 0.333 e. The predicted molar refractivity (Wildman–Crippen MR) is 260 cm³/mol. The molecule has 4 nitrogen and oxygen atoms in total. The number of hydrogen-bond acceptors (Lipinski definition) is 4. The maximum absolute atomic E-state index is 5.30. The third kappa shape index (κ3) is 8.85. The first kappa shape index (κ1) is 44.0. The third-order valence-electron chi connectivity index (χ3n) is 11.3. The first-order valence-electron chi connectivity index (χ1n) is 21.2. The number of rotatable bonds is 8. The Bertz CT molecular complexity index is 2930. The molecule has 5 aromatic carbocycles. The Morgan fingerprint density at radius 2 is 1.31 bits per heavy atom. The molecule has 0 amide bonds. The van der Waals surface area contributed by atoms with Crippen molar-refractivity contribution in [2.75, 3.05) is 0 Å². The van der Waals surface area contributed by atoms with Crippen molar-refractivity contribution in [3.05, 3.63) is 162 Å². The summed E-state index contributed by atoms with van der Waals surface area (Å²) < 4.78 is 3.58. The van der Waals surface area contributed by atoms with Crippen LogP contribution in [-0.4, -0.2) is 27.6 Å². The van der Waals surface area contributed by atoms with Crippen molar-refractivity contribution < 1.29 is 20.1 Å². The molecule has 7 heteroatoms. The first-order chi connectivity index (χ1) is 28.8. The van der Waals surface area contributed by atoms with Crippen molar-refractivity contribution in [1.82, 2.24) is 19.5 Å². The summed E-state index contributed by atoms with van der Waals surface area (Å²) in [5, 5.41) is 3.87. The van der Waals surface area contributed by atoms with Crippen LogP contribution < -0.4 is 5.19 Å². The smallest absolute Gasteiger partial charge is 0.113 e. The second kappa shape index (κ2) is 18.1. The molecule has 0 saturated heterocycles. The summed E-state index contributed by atoms with van der Waals surface area (Å²) in [5.74, 6) is 2.09. The number of thiophene rings is 1. The van der Waals surface area contributed by atoms with Crippen LogP contribution in [0, 0.1) is 19.1 Å². The average molecular weight is 1010 g/mol. The van der Waals surface area contributed by atoms with Gasteiger partial charge in [-0.05, 0) is 98.2 Å². The molecule has 0 bridgehead atoms. The molecule has 311 valence electrons. The van der Waals surface area contributed by atoms with Crippen LogP contribution in [0.1, 0.15) is 81.7 Å². The molecule has 0 fully saturated rings. The molecule has 4 heterocycles. The minimum absolute atomic E-state index is 0. The summed E-state index contributed by atoms with van der Waals surface area (Å²) in [7, 11) is -1.34. The van der Waals surface area contributed by atoms with Crippen molar-refractivity contribution in [1.29, 1.82) is 0 Å². The number of nitrogens with zero attached hydrogens (tertiary/aromatic N) is 4. The quantitative estimate of drug-likeness (QED) is 0.113. The summed E-state index contributed by atoms with van der Waals surface area (Å²) in [5.41, 5.74) is 14.1. The van der Waals surface area contributed by atoms with Gasteiger partial charge in [0.05, 0.1) is 24.9 Å². The number of benzene rings is 5. The average Bonchev–Trinajstić information content (AvgIpc) is 3.81. The van der Waals surface area contributed by atoms with Gasteiger partial charge in [-0.3, -0.25) is 4.98 Å². The zero-order chi connectivity index (χ0) is 42.3. The number of pyridine rings is 2. The molecule has 4 aromatic heterocycles. The summed E-state index contributed by atoms with van der Waals surface area (Å²) in [6.07, 6.45) is 2.09. The number of imidazole rings is 1. The topological polar surface area (TPSA) is 43.6 Å². The number of para-hydroxylation sites is 2. The molecule has 0 spiro atoms. The van der Waals surface area contributed by atoms with Crippen LogP contribution in [0.5, 0.6) is 0 Å². The SMILES string of the molecule is CC(C)c1cc(-c2[c-]cccc2)ncc1[Si](C)(C)C.Cc1ccc2c(n1)sc1c(-c3nc4ccccc4n3-c3c(C(C)C)cc(-c4ccccc4)cc3C(C)C)[c-]ccc12.[Ir]. The van der Waals surface area contributed by atoms with E-state index in [4.69, 9.17) is 9.97 Å². The van der Waals surface area contributed by atoms with E-state index in [-0.39, 0.29) is 20.1 Å². The van der Waals surface area contributed by atoms with E-state index in [1.807, 2.05) is 24.3 Å². The Morgan fingerprint density at radius 1 is 0.639 bits per heavy atom. The Labute approximate surface area is 380 Å². The minimum Gasteiger partial charge on any atom is -0.333 e. The number of aryl methyl sites for hydroxylation is 1. The van der Waals surface area contributed by atoms with Crippen molar-refractivity contribution in [3.63, 3.8) is 0 Å². The van der Waals surface area contributed by atoms with Crippen molar-refractivity contribution in [2.24, 2.45) is 0 Å². The molecule has 0 atom stereocenters. The van der Waals surface area contributed by atoms with Gasteiger partial charge < -0.3 is 9.55 Å². The van der Waals surface area contributed by atoms with Crippen LogP contribution >= 0.6 is 11.3 Å². The molecule has 0 aliphatic rings. The predicted octanol–water partition coefficient (Wildman–Crippen LogP) is 14.7. The van der Waals surface area contributed by atoms with Gasteiger partial charge in [-0.1, -0.05) is 132 Å². The molecule has 0 saturated carbocycles. The van der Waals surface area contributed by atoms with Gasteiger partial charge in [0.25, 0.3) is 0 Å². The van der Waals surface area contributed by atoms with Gasteiger partial charge in [-0.15, -0.1) is 54.1 Å². The van der Waals surface area contributed by atoms with Crippen LogP contribution in [0.4, 0.5) is 0 Å². The summed E-state index contributed by atoms with van der Waals surface area (Å²) in [6.45, 7) is 22.9. The van der Waals surface area contributed by atoms with Crippen molar-refractivity contribution in [2.45, 2.75) is 85.9 Å². The zero-order valence-electron chi connectivity index (χ0n) is 36.9. The normalized spacial score (nSPS) is 11.8. The van der Waals surface area contributed by atoms with E-state index in [2.05, 4.69) is 193 Å². The molecule has 0 unspecified atom stereocenters. The number of hydrogen-bond donors (Lipinski definition) is 0. The van der Waals surface area contributed by atoms with Crippen LogP contribution in [-0.2, 0) is 20.1 Å². The molecule has 9 aromatic rings. The Morgan fingerprint density at radius 3 is 1.97 bits per heavy atom. The maximum Gasteiger partial charge on any atom is 0.113 e. The van der Waals surface area contributed by atoms with Gasteiger partial charge in [0.2, 0.25) is 0 Å². The van der Waals surface area contributed by atoms with Gasteiger partial charge in [0.1, 0.15) is 4.83 Å². The molecule has 0 N–H and O–H groups in total. The fourth-order valence-electron chi connectivity index (χ4n) is 8.19. The zero-order valence-corrected chi connectivity index (χ0v) is 41.1. The van der Waals surface area contributed by atoms with E-state index in [9.17, 15) is 0 Å². The molecule has 0 aliphatic carbocycles. The van der Waals surface area contributed by atoms with Gasteiger partial charge in [0, 0.05) is 37.7 Å². The van der Waals surface area contributed by atoms with E-state index in [0.29, 0.717) is 17.8 Å². The van der Waals surface area contributed by atoms with E-state index in [1.54, 1.807) is 11.3 Å². The van der Waals surface area contributed by atoms with Crippen LogP contribution in [0.25, 0.3) is 70.8 Å². The van der Waals surface area contributed by atoms with Gasteiger partial charge in [0.15, 0.2) is 0 Å².